The van der Waals surface area contributed by atoms with Gasteiger partial charge in [-0.2, -0.15) is 5.26 Å². The molecule has 9 nitrogen and oxygen atoms in total. The minimum atomic E-state index is -0.819. The Morgan fingerprint density at radius 1 is 1.42 bits per heavy atom. The molecule has 24 heavy (non-hydrogen) atoms. The van der Waals surface area contributed by atoms with Gasteiger partial charge in [-0.1, -0.05) is 11.6 Å². The number of carbonyl (C=O) groups is 1. The molecule has 1 rings (SSSR count). The van der Waals surface area contributed by atoms with Gasteiger partial charge in [0.05, 0.1) is 28.8 Å². The van der Waals surface area contributed by atoms with Gasteiger partial charge < -0.3 is 20.4 Å². The van der Waals surface area contributed by atoms with Crippen LogP contribution in [0.4, 0.5) is 11.4 Å². The number of carbonyl (C=O) groups excluding carboxylic acids is 1. The van der Waals surface area contributed by atoms with Crippen molar-refractivity contribution in [3.8, 4) is 6.07 Å². The zero-order chi connectivity index (χ0) is 18.1. The van der Waals surface area contributed by atoms with E-state index in [4.69, 9.17) is 27.1 Å². The van der Waals surface area contributed by atoms with E-state index in [9.17, 15) is 14.9 Å². The van der Waals surface area contributed by atoms with Gasteiger partial charge in [-0.15, -0.1) is 0 Å². The molecule has 0 fully saturated rings. The van der Waals surface area contributed by atoms with Gasteiger partial charge in [0.25, 0.3) is 11.6 Å². The van der Waals surface area contributed by atoms with Crippen LogP contribution in [0.25, 0.3) is 0 Å². The third-order valence-corrected chi connectivity index (χ3v) is 3.19. The van der Waals surface area contributed by atoms with Crippen molar-refractivity contribution in [1.29, 1.82) is 5.26 Å². The van der Waals surface area contributed by atoms with Crippen LogP contribution in [0.2, 0.25) is 5.02 Å². The molecule has 1 amide bonds. The lowest BCUT2D eigenvalue weighted by atomic mass is 10.2. The van der Waals surface area contributed by atoms with Crippen LogP contribution in [0.15, 0.2) is 30.0 Å². The van der Waals surface area contributed by atoms with E-state index in [1.165, 1.54) is 23.2 Å². The molecule has 0 heterocycles. The Morgan fingerprint density at radius 3 is 2.54 bits per heavy atom. The second kappa shape index (κ2) is 9.46. The quantitative estimate of drug-likeness (QED) is 0.272. The number of nitrogens with zero attached hydrogens (tertiary/aromatic N) is 3. The van der Waals surface area contributed by atoms with Crippen LogP contribution < -0.4 is 5.32 Å². The maximum Gasteiger partial charge on any atom is 0.271 e. The van der Waals surface area contributed by atoms with Crippen molar-refractivity contribution in [3.63, 3.8) is 0 Å². The maximum atomic E-state index is 12.1. The van der Waals surface area contributed by atoms with E-state index in [-0.39, 0.29) is 48.3 Å². The summed E-state index contributed by atoms with van der Waals surface area (Å²) in [5.74, 6) is -0.819. The van der Waals surface area contributed by atoms with Crippen molar-refractivity contribution < 1.29 is 19.9 Å². The van der Waals surface area contributed by atoms with Crippen LogP contribution in [0.3, 0.4) is 0 Å². The Balaban J connectivity index is 3.01. The van der Waals surface area contributed by atoms with Gasteiger partial charge in [0.15, 0.2) is 0 Å². The van der Waals surface area contributed by atoms with Gasteiger partial charge in [0, 0.05) is 31.4 Å². The number of hydrogen-bond acceptors (Lipinski definition) is 7. The molecular weight excluding hydrogens is 340 g/mol. The number of aliphatic hydroxyl groups is 2. The first-order valence-corrected chi connectivity index (χ1v) is 7.13. The number of amides is 1. The lowest BCUT2D eigenvalue weighted by molar-refractivity contribution is -0.384. The largest absolute Gasteiger partial charge is 0.395 e. The highest BCUT2D eigenvalue weighted by atomic mass is 35.5. The first kappa shape index (κ1) is 19.4. The Bertz CT molecular complexity index is 680. The van der Waals surface area contributed by atoms with Gasteiger partial charge >= 0.3 is 0 Å². The van der Waals surface area contributed by atoms with E-state index in [0.29, 0.717) is 0 Å². The number of aliphatic hydroxyl groups excluding tert-OH is 2. The fraction of sp³-hybridized carbons (Fsp3) is 0.286. The molecule has 0 saturated heterocycles. The molecule has 0 atom stereocenters. The Hall–Kier alpha value is -2.67. The number of nitro groups is 1. The highest BCUT2D eigenvalue weighted by Gasteiger charge is 2.16. The highest BCUT2D eigenvalue weighted by Crippen LogP contribution is 2.27. The third-order valence-electron chi connectivity index (χ3n) is 2.86. The molecule has 0 unspecified atom stereocenters. The van der Waals surface area contributed by atoms with Gasteiger partial charge in [-0.05, 0) is 6.07 Å². The maximum absolute atomic E-state index is 12.1. The second-order valence-corrected chi connectivity index (χ2v) is 4.92. The number of nitriles is 1. The molecule has 0 aliphatic heterocycles. The number of benzene rings is 1. The van der Waals surface area contributed by atoms with Gasteiger partial charge in [0.2, 0.25) is 0 Å². The average molecular weight is 355 g/mol. The van der Waals surface area contributed by atoms with Crippen molar-refractivity contribution in [1.82, 2.24) is 4.90 Å². The van der Waals surface area contributed by atoms with E-state index in [1.54, 1.807) is 6.07 Å². The van der Waals surface area contributed by atoms with E-state index in [1.807, 2.05) is 0 Å². The lowest BCUT2D eigenvalue weighted by Crippen LogP contribution is -2.26. The predicted molar refractivity (Wildman–Crippen MR) is 86.2 cm³/mol. The number of non-ortho nitro benzene ring substituents is 1. The number of nitro benzene ring substituents is 1. The molecule has 1 aromatic rings. The smallest absolute Gasteiger partial charge is 0.271 e. The lowest BCUT2D eigenvalue weighted by Gasteiger charge is -2.18. The zero-order valence-electron chi connectivity index (χ0n) is 12.5. The standard InChI is InChI=1S/C14H15ClN4O5/c15-12-2-1-11(19(23)24)7-13(12)17-14(22)10(8-16)9-18(3-5-20)4-6-21/h1-2,7,9,20-21H,3-6H2,(H,17,22)/b10-9-. The summed E-state index contributed by atoms with van der Waals surface area (Å²) in [7, 11) is 0. The molecule has 0 saturated carbocycles. The van der Waals surface area contributed by atoms with E-state index >= 15 is 0 Å². The van der Waals surface area contributed by atoms with Crippen molar-refractivity contribution in [2.75, 3.05) is 31.6 Å². The van der Waals surface area contributed by atoms with Crippen LogP contribution in [0.5, 0.6) is 0 Å². The van der Waals surface area contributed by atoms with Crippen molar-refractivity contribution >= 4 is 28.9 Å². The van der Waals surface area contributed by atoms with Crippen LogP contribution in [-0.4, -0.2) is 52.2 Å². The van der Waals surface area contributed by atoms with E-state index < -0.39 is 10.8 Å². The Morgan fingerprint density at radius 2 is 2.04 bits per heavy atom. The van der Waals surface area contributed by atoms with E-state index in [0.717, 1.165) is 6.07 Å². The third kappa shape index (κ3) is 5.51. The summed E-state index contributed by atoms with van der Waals surface area (Å²) in [6.07, 6.45) is 1.19. The Kier molecular flexibility index (Phi) is 7.64. The minimum Gasteiger partial charge on any atom is -0.395 e. The molecule has 128 valence electrons. The fourth-order valence-electron chi connectivity index (χ4n) is 1.73. The molecule has 0 aliphatic carbocycles. The fourth-order valence-corrected chi connectivity index (χ4v) is 1.90. The summed E-state index contributed by atoms with van der Waals surface area (Å²) in [6.45, 7) is -0.214. The summed E-state index contributed by atoms with van der Waals surface area (Å²) in [5, 5.41) is 40.1. The van der Waals surface area contributed by atoms with Crippen molar-refractivity contribution in [2.45, 2.75) is 0 Å². The topological polar surface area (TPSA) is 140 Å². The minimum absolute atomic E-state index is 0.00659. The zero-order valence-corrected chi connectivity index (χ0v) is 13.2. The second-order valence-electron chi connectivity index (χ2n) is 4.51. The summed E-state index contributed by atoms with van der Waals surface area (Å²) in [5.41, 5.74) is -0.577. The molecule has 10 heteroatoms. The molecule has 0 spiro atoms. The van der Waals surface area contributed by atoms with E-state index in [2.05, 4.69) is 5.32 Å². The number of rotatable bonds is 8. The molecule has 1 aromatic carbocycles. The van der Waals surface area contributed by atoms with Crippen LogP contribution in [-0.2, 0) is 4.79 Å². The monoisotopic (exact) mass is 354 g/mol. The van der Waals surface area contributed by atoms with Crippen molar-refractivity contribution in [2.24, 2.45) is 0 Å². The highest BCUT2D eigenvalue weighted by molar-refractivity contribution is 6.34. The molecule has 0 radical (unpaired) electrons. The van der Waals surface area contributed by atoms with Crippen molar-refractivity contribution in [3.05, 3.63) is 45.1 Å². The van der Waals surface area contributed by atoms with Gasteiger partial charge in [-0.25, -0.2) is 0 Å². The molecule has 0 aromatic heterocycles. The van der Waals surface area contributed by atoms with Crippen LogP contribution in [0.1, 0.15) is 0 Å². The summed E-state index contributed by atoms with van der Waals surface area (Å²) < 4.78 is 0. The SMILES string of the molecule is N#C/C(=C/N(CCO)CCO)C(=O)Nc1cc([N+](=O)[O-])ccc1Cl. The summed E-state index contributed by atoms with van der Waals surface area (Å²) >= 11 is 5.88. The Labute approximate surface area is 142 Å². The number of hydrogen-bond donors (Lipinski definition) is 3. The summed E-state index contributed by atoms with van der Waals surface area (Å²) in [6, 6.07) is 5.21. The average Bonchev–Trinajstić information content (AvgIpc) is 2.54. The molecule has 0 aliphatic rings. The molecule has 0 bridgehead atoms. The first-order valence-electron chi connectivity index (χ1n) is 6.76. The first-order chi connectivity index (χ1) is 11.4. The van der Waals surface area contributed by atoms with Crippen LogP contribution in [0, 0.1) is 21.4 Å². The summed E-state index contributed by atoms with van der Waals surface area (Å²) in [4.78, 5) is 23.7. The normalized spacial score (nSPS) is 10.8. The number of nitrogens with one attached hydrogen (secondary N) is 1. The molecule has 3 N–H and O–H groups in total. The molecular formula is C14H15ClN4O5. The van der Waals surface area contributed by atoms with Crippen LogP contribution >= 0.6 is 11.6 Å². The van der Waals surface area contributed by atoms with Gasteiger partial charge in [-0.3, -0.25) is 14.9 Å². The predicted octanol–water partition coefficient (Wildman–Crippen LogP) is 0.881. The number of halogens is 1. The van der Waals surface area contributed by atoms with Gasteiger partial charge in [0.1, 0.15) is 11.6 Å². The number of anilines is 1.